The molecule has 0 amide bonds. The van der Waals surface area contributed by atoms with E-state index in [-0.39, 0.29) is 11.9 Å². The predicted molar refractivity (Wildman–Crippen MR) is 81.7 cm³/mol. The Morgan fingerprint density at radius 2 is 1.67 bits per heavy atom. The molecule has 3 N–H and O–H groups in total. The molecule has 114 valence electrons. The molecule has 0 saturated heterocycles. The van der Waals surface area contributed by atoms with E-state index in [1.54, 1.807) is 12.1 Å². The minimum atomic E-state index is -0.144. The highest BCUT2D eigenvalue weighted by Crippen LogP contribution is 2.59. The van der Waals surface area contributed by atoms with Crippen LogP contribution in [0.4, 0.5) is 4.39 Å². The summed E-state index contributed by atoms with van der Waals surface area (Å²) < 4.78 is 13.8. The number of halogens is 1. The highest BCUT2D eigenvalue weighted by atomic mass is 19.1. The summed E-state index contributed by atoms with van der Waals surface area (Å²) in [4.78, 5) is 0. The molecule has 5 rings (SSSR count). The maximum absolute atomic E-state index is 13.8. The van der Waals surface area contributed by atoms with Crippen molar-refractivity contribution in [2.75, 3.05) is 0 Å². The first-order valence-electron chi connectivity index (χ1n) is 8.37. The minimum Gasteiger partial charge on any atom is -0.271 e. The van der Waals surface area contributed by atoms with Crippen LogP contribution in [0.15, 0.2) is 18.2 Å². The zero-order valence-corrected chi connectivity index (χ0v) is 12.7. The van der Waals surface area contributed by atoms with Gasteiger partial charge in [0.2, 0.25) is 0 Å². The summed E-state index contributed by atoms with van der Waals surface area (Å²) in [5.41, 5.74) is 5.05. The van der Waals surface area contributed by atoms with E-state index in [2.05, 4.69) is 11.5 Å². The maximum atomic E-state index is 13.8. The van der Waals surface area contributed by atoms with Crippen molar-refractivity contribution < 1.29 is 4.39 Å². The molecule has 1 aromatic rings. The molecule has 1 atom stereocenters. The molecular formula is C18H25FN2. The number of nitrogens with one attached hydrogen (secondary N) is 1. The monoisotopic (exact) mass is 288 g/mol. The van der Waals surface area contributed by atoms with Crippen LogP contribution in [0.3, 0.4) is 0 Å². The maximum Gasteiger partial charge on any atom is 0.123 e. The van der Waals surface area contributed by atoms with Gasteiger partial charge in [-0.2, -0.15) is 0 Å². The number of benzene rings is 1. The quantitative estimate of drug-likeness (QED) is 0.657. The molecule has 1 unspecified atom stereocenters. The molecule has 4 fully saturated rings. The van der Waals surface area contributed by atoms with Crippen LogP contribution in [0.1, 0.15) is 49.3 Å². The van der Waals surface area contributed by atoms with E-state index in [9.17, 15) is 4.39 Å². The lowest BCUT2D eigenvalue weighted by atomic mass is 9.50. The molecule has 4 aliphatic carbocycles. The third-order valence-corrected chi connectivity index (χ3v) is 6.29. The Balaban J connectivity index is 1.66. The second kappa shape index (κ2) is 5.06. The Bertz CT molecular complexity index is 494. The first kappa shape index (κ1) is 13.7. The van der Waals surface area contributed by atoms with E-state index in [4.69, 9.17) is 5.84 Å². The van der Waals surface area contributed by atoms with Gasteiger partial charge in [-0.3, -0.25) is 11.3 Å². The second-order valence-electron chi connectivity index (χ2n) is 7.71. The van der Waals surface area contributed by atoms with E-state index in [1.807, 2.05) is 6.92 Å². The molecule has 3 heteroatoms. The van der Waals surface area contributed by atoms with Crippen LogP contribution in [0, 0.1) is 42.3 Å². The SMILES string of the molecule is Cc1cc(F)cc(C(NN)C2C3CC4CC(C3)CC2C4)c1. The van der Waals surface area contributed by atoms with Crippen molar-refractivity contribution in [3.63, 3.8) is 0 Å². The van der Waals surface area contributed by atoms with Crippen molar-refractivity contribution >= 4 is 0 Å². The topological polar surface area (TPSA) is 38.0 Å². The average Bonchev–Trinajstić information content (AvgIpc) is 2.40. The third-order valence-electron chi connectivity index (χ3n) is 6.29. The summed E-state index contributed by atoms with van der Waals surface area (Å²) in [6, 6.07) is 5.46. The summed E-state index contributed by atoms with van der Waals surface area (Å²) in [7, 11) is 0. The Morgan fingerprint density at radius 1 is 1.05 bits per heavy atom. The largest absolute Gasteiger partial charge is 0.271 e. The minimum absolute atomic E-state index is 0.106. The number of hydrogen-bond acceptors (Lipinski definition) is 2. The van der Waals surface area contributed by atoms with E-state index in [0.717, 1.165) is 34.8 Å². The zero-order chi connectivity index (χ0) is 14.6. The van der Waals surface area contributed by atoms with Crippen molar-refractivity contribution in [1.29, 1.82) is 0 Å². The van der Waals surface area contributed by atoms with Crippen molar-refractivity contribution in [2.45, 2.75) is 45.1 Å². The Hall–Kier alpha value is -0.930. The van der Waals surface area contributed by atoms with Gasteiger partial charge in [0.25, 0.3) is 0 Å². The first-order chi connectivity index (χ1) is 10.1. The third kappa shape index (κ3) is 2.31. The van der Waals surface area contributed by atoms with Gasteiger partial charge in [0.15, 0.2) is 0 Å². The van der Waals surface area contributed by atoms with Gasteiger partial charge in [-0.1, -0.05) is 6.07 Å². The van der Waals surface area contributed by atoms with Crippen molar-refractivity contribution in [2.24, 2.45) is 35.4 Å². The first-order valence-corrected chi connectivity index (χ1v) is 8.37. The van der Waals surface area contributed by atoms with Gasteiger partial charge in [-0.05, 0) is 91.9 Å². The van der Waals surface area contributed by atoms with E-state index < -0.39 is 0 Å². The fourth-order valence-electron chi connectivity index (χ4n) is 5.89. The second-order valence-corrected chi connectivity index (χ2v) is 7.71. The van der Waals surface area contributed by atoms with Crippen LogP contribution in [0.5, 0.6) is 0 Å². The normalized spacial score (nSPS) is 38.7. The molecule has 4 saturated carbocycles. The fraction of sp³-hybridized carbons (Fsp3) is 0.667. The fourth-order valence-corrected chi connectivity index (χ4v) is 5.89. The Labute approximate surface area is 126 Å². The smallest absolute Gasteiger partial charge is 0.123 e. The van der Waals surface area contributed by atoms with Gasteiger partial charge in [0.05, 0.1) is 0 Å². The average molecular weight is 288 g/mol. The van der Waals surface area contributed by atoms with Crippen LogP contribution < -0.4 is 11.3 Å². The van der Waals surface area contributed by atoms with Crippen LogP contribution in [0.25, 0.3) is 0 Å². The lowest BCUT2D eigenvalue weighted by molar-refractivity contribution is -0.0526. The zero-order valence-electron chi connectivity index (χ0n) is 12.7. The van der Waals surface area contributed by atoms with Gasteiger partial charge in [-0.25, -0.2) is 4.39 Å². The van der Waals surface area contributed by atoms with Crippen molar-refractivity contribution in [3.05, 3.63) is 35.1 Å². The lowest BCUT2D eigenvalue weighted by Crippen LogP contribution is -2.50. The predicted octanol–water partition coefficient (Wildman–Crippen LogP) is 3.71. The van der Waals surface area contributed by atoms with Gasteiger partial charge in [0.1, 0.15) is 5.82 Å². The lowest BCUT2D eigenvalue weighted by Gasteiger charge is -2.56. The summed E-state index contributed by atoms with van der Waals surface area (Å²) >= 11 is 0. The summed E-state index contributed by atoms with van der Waals surface area (Å²) in [6.07, 6.45) is 6.92. The molecule has 2 nitrogen and oxygen atoms in total. The molecule has 21 heavy (non-hydrogen) atoms. The molecule has 0 spiro atoms. The van der Waals surface area contributed by atoms with Crippen molar-refractivity contribution in [1.82, 2.24) is 5.43 Å². The Kier molecular flexibility index (Phi) is 3.31. The molecule has 4 aliphatic rings. The van der Waals surface area contributed by atoms with Crippen LogP contribution in [-0.4, -0.2) is 0 Å². The number of aryl methyl sites for hydroxylation is 1. The van der Waals surface area contributed by atoms with Gasteiger partial charge < -0.3 is 0 Å². The molecule has 4 bridgehead atoms. The summed E-state index contributed by atoms with van der Waals surface area (Å²) in [5, 5.41) is 0. The Morgan fingerprint density at radius 3 is 2.19 bits per heavy atom. The van der Waals surface area contributed by atoms with Crippen LogP contribution in [0.2, 0.25) is 0 Å². The summed E-state index contributed by atoms with van der Waals surface area (Å²) in [5.74, 6) is 9.83. The van der Waals surface area contributed by atoms with E-state index >= 15 is 0 Å². The van der Waals surface area contributed by atoms with Crippen LogP contribution in [-0.2, 0) is 0 Å². The highest BCUT2D eigenvalue weighted by molar-refractivity contribution is 5.27. The van der Waals surface area contributed by atoms with Crippen LogP contribution >= 0.6 is 0 Å². The molecule has 1 aromatic carbocycles. The highest BCUT2D eigenvalue weighted by Gasteiger charge is 2.50. The standard InChI is InChI=1S/C18H25FN2/c1-10-2-15(9-16(19)3-10)18(21-20)17-13-5-11-4-12(7-13)8-14(17)6-11/h2-3,9,11-14,17-18,21H,4-8,20H2,1H3. The number of nitrogens with two attached hydrogens (primary N) is 1. The molecule has 0 aliphatic heterocycles. The summed E-state index contributed by atoms with van der Waals surface area (Å²) in [6.45, 7) is 1.96. The van der Waals surface area contributed by atoms with E-state index in [1.165, 1.54) is 32.1 Å². The molecule has 0 aromatic heterocycles. The number of rotatable bonds is 3. The molecule has 0 heterocycles. The molecular weight excluding hydrogens is 263 g/mol. The number of hydrogen-bond donors (Lipinski definition) is 2. The van der Waals surface area contributed by atoms with Gasteiger partial charge in [0, 0.05) is 6.04 Å². The van der Waals surface area contributed by atoms with E-state index in [0.29, 0.717) is 5.92 Å². The van der Waals surface area contributed by atoms with Gasteiger partial charge >= 0.3 is 0 Å². The van der Waals surface area contributed by atoms with Crippen molar-refractivity contribution in [3.8, 4) is 0 Å². The number of hydrazine groups is 1. The van der Waals surface area contributed by atoms with Gasteiger partial charge in [-0.15, -0.1) is 0 Å². The molecule has 0 radical (unpaired) electrons.